The van der Waals surface area contributed by atoms with Crippen molar-refractivity contribution in [1.82, 2.24) is 18.5 Å². The SMILES string of the molecule is C=S(=O)(NC(=O)c1ccc2c(C3CCCCC3)c3n(c2c1)CC(C(=O)N1CCS(=O)CC1)=Cc1cc(OC)ccc1-3)N(C)C. The molecule has 0 radical (unpaired) electrons. The number of nitrogens with one attached hydrogen (secondary N) is 1. The van der Waals surface area contributed by atoms with Crippen molar-refractivity contribution in [3.63, 3.8) is 0 Å². The van der Waals surface area contributed by atoms with Gasteiger partial charge in [-0.2, -0.15) is 0 Å². The number of rotatable bonds is 6. The fourth-order valence-electron chi connectivity index (χ4n) is 6.65. The molecule has 1 saturated carbocycles. The Kier molecular flexibility index (Phi) is 8.47. The number of methoxy groups -OCH3 is 1. The van der Waals surface area contributed by atoms with Crippen molar-refractivity contribution in [3.8, 4) is 17.0 Å². The van der Waals surface area contributed by atoms with Crippen LogP contribution >= 0.6 is 0 Å². The van der Waals surface area contributed by atoms with Gasteiger partial charge in [-0.15, -0.1) is 0 Å². The Morgan fingerprint density at radius 1 is 1.07 bits per heavy atom. The summed E-state index contributed by atoms with van der Waals surface area (Å²) in [6.45, 7) is 1.24. The topological polar surface area (TPSA) is 101 Å². The first kappa shape index (κ1) is 30.6. The molecule has 2 aromatic carbocycles. The summed E-state index contributed by atoms with van der Waals surface area (Å²) >= 11 is 0. The predicted molar refractivity (Wildman–Crippen MR) is 179 cm³/mol. The summed E-state index contributed by atoms with van der Waals surface area (Å²) in [6, 6.07) is 11.7. The lowest BCUT2D eigenvalue weighted by Crippen LogP contribution is -2.42. The molecule has 2 aliphatic heterocycles. The van der Waals surface area contributed by atoms with E-state index in [1.165, 1.54) is 16.3 Å². The third-order valence-corrected chi connectivity index (χ3v) is 12.1. The van der Waals surface area contributed by atoms with Crippen LogP contribution in [0.25, 0.3) is 28.2 Å². The van der Waals surface area contributed by atoms with Crippen LogP contribution in [0.15, 0.2) is 42.0 Å². The van der Waals surface area contributed by atoms with Gasteiger partial charge in [0.25, 0.3) is 11.8 Å². The van der Waals surface area contributed by atoms with Crippen LogP contribution in [0.2, 0.25) is 0 Å². The zero-order valence-electron chi connectivity index (χ0n) is 25.6. The fourth-order valence-corrected chi connectivity index (χ4v) is 8.29. The van der Waals surface area contributed by atoms with Gasteiger partial charge in [0.05, 0.1) is 19.3 Å². The number of carbonyl (C=O) groups excluding carboxylic acids is 2. The maximum Gasteiger partial charge on any atom is 0.263 e. The van der Waals surface area contributed by atoms with Crippen LogP contribution in [-0.2, 0) is 32.0 Å². The first-order valence-electron chi connectivity index (χ1n) is 15.1. The lowest BCUT2D eigenvalue weighted by molar-refractivity contribution is -0.126. The molecule has 0 spiro atoms. The van der Waals surface area contributed by atoms with Crippen molar-refractivity contribution in [2.75, 3.05) is 45.8 Å². The molecule has 234 valence electrons. The van der Waals surface area contributed by atoms with E-state index in [-0.39, 0.29) is 5.91 Å². The first-order valence-corrected chi connectivity index (χ1v) is 18.3. The Bertz CT molecular complexity index is 1790. The van der Waals surface area contributed by atoms with Gasteiger partial charge in [-0.25, -0.2) is 8.51 Å². The minimum atomic E-state index is -2.98. The van der Waals surface area contributed by atoms with E-state index < -0.39 is 26.6 Å². The van der Waals surface area contributed by atoms with Gasteiger partial charge >= 0.3 is 0 Å². The molecular formula is C33H40N4O5S2. The number of amides is 2. The molecule has 44 heavy (non-hydrogen) atoms. The van der Waals surface area contributed by atoms with Crippen molar-refractivity contribution in [1.29, 1.82) is 0 Å². The molecule has 1 unspecified atom stereocenters. The van der Waals surface area contributed by atoms with Crippen LogP contribution in [-0.4, -0.2) is 85.7 Å². The standard InChI is InChI=1S/C33H40N4O5S2/c1-35(2)44(4,41)34-32(38)23-10-12-28-29(20-23)37-21-25(33(39)36-14-16-43(40)17-15-36)18-24-19-26(42-3)11-13-27(24)31(37)30(28)22-8-6-5-7-9-22/h10-13,18-20,22H,4-9,14-17,21H2,1-3H3,(H,34,38,41). The maximum absolute atomic E-state index is 14.0. The summed E-state index contributed by atoms with van der Waals surface area (Å²) in [6.07, 6.45) is 7.67. The normalized spacial score (nSPS) is 19.1. The van der Waals surface area contributed by atoms with E-state index in [4.69, 9.17) is 4.74 Å². The Labute approximate surface area is 262 Å². The molecule has 3 aliphatic rings. The van der Waals surface area contributed by atoms with E-state index in [0.29, 0.717) is 53.9 Å². The Morgan fingerprint density at radius 3 is 2.48 bits per heavy atom. The van der Waals surface area contributed by atoms with Gasteiger partial charge in [0, 0.05) is 77.1 Å². The summed E-state index contributed by atoms with van der Waals surface area (Å²) in [7, 11) is 0.977. The number of aromatic nitrogens is 1. The van der Waals surface area contributed by atoms with Gasteiger partial charge in [-0.05, 0) is 72.2 Å². The molecule has 2 fully saturated rings. The quantitative estimate of drug-likeness (QED) is 0.409. The number of hydrogen-bond acceptors (Lipinski definition) is 5. The average molecular weight is 637 g/mol. The summed E-state index contributed by atoms with van der Waals surface area (Å²) in [4.78, 5) is 29.2. The monoisotopic (exact) mass is 636 g/mol. The summed E-state index contributed by atoms with van der Waals surface area (Å²) in [5.41, 5.74) is 6.10. The minimum Gasteiger partial charge on any atom is -0.497 e. The van der Waals surface area contributed by atoms with E-state index in [1.54, 1.807) is 32.2 Å². The second-order valence-corrected chi connectivity index (χ2v) is 16.0. The molecule has 1 saturated heterocycles. The molecule has 3 heterocycles. The largest absolute Gasteiger partial charge is 0.497 e. The van der Waals surface area contributed by atoms with Gasteiger partial charge in [0.2, 0.25) is 0 Å². The number of benzene rings is 2. The van der Waals surface area contributed by atoms with Crippen molar-refractivity contribution in [2.24, 2.45) is 0 Å². The predicted octanol–water partition coefficient (Wildman–Crippen LogP) is 4.19. The maximum atomic E-state index is 14.0. The second kappa shape index (κ2) is 12.2. The van der Waals surface area contributed by atoms with Crippen LogP contribution in [0, 0.1) is 0 Å². The Morgan fingerprint density at radius 2 is 1.80 bits per heavy atom. The number of fused-ring (bicyclic) bond motifs is 5. The number of nitrogens with zero attached hydrogens (tertiary/aromatic N) is 3. The highest BCUT2D eigenvalue weighted by molar-refractivity contribution is 7.96. The highest BCUT2D eigenvalue weighted by Gasteiger charge is 2.32. The molecule has 9 nitrogen and oxygen atoms in total. The zero-order chi connectivity index (χ0) is 31.2. The van der Waals surface area contributed by atoms with Crippen molar-refractivity contribution < 1.29 is 22.7 Å². The van der Waals surface area contributed by atoms with E-state index >= 15 is 0 Å². The minimum absolute atomic E-state index is 0.0685. The van der Waals surface area contributed by atoms with E-state index in [1.807, 2.05) is 30.3 Å². The fraction of sp³-hybridized carbons (Fsp3) is 0.424. The molecule has 11 heteroatoms. The molecular weight excluding hydrogens is 597 g/mol. The highest BCUT2D eigenvalue weighted by Crippen LogP contribution is 2.47. The van der Waals surface area contributed by atoms with Gasteiger partial charge in [-0.3, -0.25) is 18.5 Å². The number of ether oxygens (including phenoxy) is 1. The van der Waals surface area contributed by atoms with Crippen LogP contribution in [0.3, 0.4) is 0 Å². The summed E-state index contributed by atoms with van der Waals surface area (Å²) in [5.74, 6) is 5.18. The third kappa shape index (κ3) is 5.73. The number of carbonyl (C=O) groups is 2. The smallest absolute Gasteiger partial charge is 0.263 e. The molecule has 0 bridgehead atoms. The lowest BCUT2D eigenvalue weighted by Gasteiger charge is -2.27. The van der Waals surface area contributed by atoms with Gasteiger partial charge in [-0.1, -0.05) is 25.3 Å². The van der Waals surface area contributed by atoms with E-state index in [0.717, 1.165) is 53.4 Å². The molecule has 1 atom stereocenters. The molecule has 1 aromatic heterocycles. The van der Waals surface area contributed by atoms with E-state index in [2.05, 4.69) is 21.2 Å². The molecule has 6 rings (SSSR count). The Hall–Kier alpha value is -3.41. The first-order chi connectivity index (χ1) is 21.1. The highest BCUT2D eigenvalue weighted by atomic mass is 32.2. The van der Waals surface area contributed by atoms with Crippen LogP contribution in [0.5, 0.6) is 5.75 Å². The average Bonchev–Trinajstić information content (AvgIpc) is 3.23. The van der Waals surface area contributed by atoms with Crippen molar-refractivity contribution >= 4 is 55.4 Å². The molecule has 1 aliphatic carbocycles. The molecule has 1 N–H and O–H groups in total. The van der Waals surface area contributed by atoms with Crippen LogP contribution < -0.4 is 9.46 Å². The van der Waals surface area contributed by atoms with Gasteiger partial charge in [0.15, 0.2) is 0 Å². The van der Waals surface area contributed by atoms with Crippen LogP contribution in [0.4, 0.5) is 0 Å². The van der Waals surface area contributed by atoms with Gasteiger partial charge < -0.3 is 14.2 Å². The third-order valence-electron chi connectivity index (χ3n) is 9.13. The van der Waals surface area contributed by atoms with Crippen molar-refractivity contribution in [2.45, 2.75) is 44.6 Å². The lowest BCUT2D eigenvalue weighted by atomic mass is 9.81. The Balaban J connectivity index is 1.55. The summed E-state index contributed by atoms with van der Waals surface area (Å²) < 4.78 is 36.7. The van der Waals surface area contributed by atoms with Crippen molar-refractivity contribution in [3.05, 3.63) is 58.7 Å². The zero-order valence-corrected chi connectivity index (χ0v) is 27.2. The number of hydrogen-bond donors (Lipinski definition) is 1. The van der Waals surface area contributed by atoms with E-state index in [9.17, 15) is 18.0 Å². The molecule has 3 aromatic rings. The van der Waals surface area contributed by atoms with Gasteiger partial charge in [0.1, 0.15) is 15.6 Å². The molecule has 2 amide bonds. The van der Waals surface area contributed by atoms with Crippen LogP contribution in [0.1, 0.15) is 59.5 Å². The summed E-state index contributed by atoms with van der Waals surface area (Å²) in [5, 5.41) is 1.07. The second-order valence-electron chi connectivity index (χ2n) is 12.1.